The van der Waals surface area contributed by atoms with Crippen molar-refractivity contribution >= 4 is 22.7 Å². The highest BCUT2D eigenvalue weighted by Crippen LogP contribution is 2.35. The van der Waals surface area contributed by atoms with Gasteiger partial charge in [-0.05, 0) is 55.3 Å². The van der Waals surface area contributed by atoms with E-state index in [9.17, 15) is 14.8 Å². The van der Waals surface area contributed by atoms with Crippen LogP contribution in [-0.2, 0) is 0 Å². The van der Waals surface area contributed by atoms with Crippen molar-refractivity contribution in [1.29, 1.82) is 0 Å². The third kappa shape index (κ3) is 2.70. The van der Waals surface area contributed by atoms with Crippen LogP contribution in [0.3, 0.4) is 0 Å². The minimum Gasteiger partial charge on any atom is -0.497 e. The number of amides is 2. The van der Waals surface area contributed by atoms with E-state index in [1.165, 1.54) is 4.90 Å². The second-order valence-corrected chi connectivity index (χ2v) is 7.80. The average Bonchev–Trinajstić information content (AvgIpc) is 3.21. The highest BCUT2D eigenvalue weighted by Gasteiger charge is 2.40. The summed E-state index contributed by atoms with van der Waals surface area (Å²) >= 11 is 0. The molecular weight excluding hydrogens is 368 g/mol. The molecule has 6 heteroatoms. The first-order valence-corrected chi connectivity index (χ1v) is 9.99. The first-order chi connectivity index (χ1) is 14.1. The minimum absolute atomic E-state index is 0.0124. The Morgan fingerprint density at radius 3 is 2.24 bits per heavy atom. The largest absolute Gasteiger partial charge is 0.497 e. The standard InChI is InChI=1S/C23H22N2O4/c1-29-17-9-7-14(8-10-17)20-12-15-11-18-19(13-21(15)25(20)28)23(27)24(22(18)26)16-5-3-2-4-6-16/h7-13,16,28H,2-6H2,1H3. The zero-order valence-corrected chi connectivity index (χ0v) is 16.2. The number of imide groups is 1. The summed E-state index contributed by atoms with van der Waals surface area (Å²) in [5.41, 5.74) is 2.73. The van der Waals surface area contributed by atoms with E-state index in [-0.39, 0.29) is 17.9 Å². The van der Waals surface area contributed by atoms with Crippen LogP contribution in [-0.4, -0.2) is 39.8 Å². The van der Waals surface area contributed by atoms with E-state index >= 15 is 0 Å². The zero-order valence-electron chi connectivity index (χ0n) is 16.2. The molecule has 1 fully saturated rings. The van der Waals surface area contributed by atoms with E-state index in [0.29, 0.717) is 22.3 Å². The van der Waals surface area contributed by atoms with Gasteiger partial charge < -0.3 is 9.94 Å². The maximum Gasteiger partial charge on any atom is 0.261 e. The molecule has 6 nitrogen and oxygen atoms in total. The van der Waals surface area contributed by atoms with Crippen molar-refractivity contribution in [2.75, 3.05) is 7.11 Å². The zero-order chi connectivity index (χ0) is 20.1. The van der Waals surface area contributed by atoms with E-state index in [4.69, 9.17) is 4.74 Å². The molecule has 0 atom stereocenters. The number of carbonyl (C=O) groups is 2. The molecule has 1 aliphatic heterocycles. The Balaban J connectivity index is 1.56. The molecule has 0 unspecified atom stereocenters. The Hall–Kier alpha value is -3.28. The van der Waals surface area contributed by atoms with Gasteiger partial charge in [0.1, 0.15) is 5.75 Å². The summed E-state index contributed by atoms with van der Waals surface area (Å²) in [7, 11) is 1.60. The van der Waals surface area contributed by atoms with Gasteiger partial charge in [0.25, 0.3) is 11.8 Å². The van der Waals surface area contributed by atoms with Crippen LogP contribution in [0, 0.1) is 0 Å². The summed E-state index contributed by atoms with van der Waals surface area (Å²) in [6, 6.07) is 12.5. The summed E-state index contributed by atoms with van der Waals surface area (Å²) in [6.07, 6.45) is 5.00. The third-order valence-electron chi connectivity index (χ3n) is 6.14. The number of fused-ring (bicyclic) bond motifs is 2. The lowest BCUT2D eigenvalue weighted by atomic mass is 9.94. The van der Waals surface area contributed by atoms with E-state index < -0.39 is 0 Å². The molecule has 1 aromatic heterocycles. The molecule has 2 amide bonds. The molecule has 2 aliphatic rings. The summed E-state index contributed by atoms with van der Waals surface area (Å²) in [4.78, 5) is 27.5. The second-order valence-electron chi connectivity index (χ2n) is 7.80. The van der Waals surface area contributed by atoms with Crippen LogP contribution in [0.4, 0.5) is 0 Å². The van der Waals surface area contributed by atoms with Crippen LogP contribution in [0.5, 0.6) is 5.75 Å². The summed E-state index contributed by atoms with van der Waals surface area (Å²) < 4.78 is 6.26. The molecule has 0 bridgehead atoms. The first kappa shape index (κ1) is 17.8. The maximum atomic E-state index is 13.0. The van der Waals surface area contributed by atoms with Gasteiger partial charge >= 0.3 is 0 Å². The van der Waals surface area contributed by atoms with Crippen molar-refractivity contribution in [3.63, 3.8) is 0 Å². The fourth-order valence-electron chi connectivity index (χ4n) is 4.59. The number of hydrogen-bond acceptors (Lipinski definition) is 4. The number of methoxy groups -OCH3 is 1. The van der Waals surface area contributed by atoms with Crippen molar-refractivity contribution in [2.45, 2.75) is 38.1 Å². The van der Waals surface area contributed by atoms with Gasteiger partial charge in [0.15, 0.2) is 0 Å². The van der Waals surface area contributed by atoms with Gasteiger partial charge in [0, 0.05) is 17.0 Å². The third-order valence-corrected chi connectivity index (χ3v) is 6.14. The number of nitrogens with zero attached hydrogens (tertiary/aromatic N) is 2. The molecule has 1 N–H and O–H groups in total. The topological polar surface area (TPSA) is 71.8 Å². The lowest BCUT2D eigenvalue weighted by molar-refractivity contribution is 0.0549. The molecule has 1 aliphatic carbocycles. The summed E-state index contributed by atoms with van der Waals surface area (Å²) in [5, 5.41) is 11.5. The van der Waals surface area contributed by atoms with Crippen molar-refractivity contribution in [1.82, 2.24) is 9.63 Å². The Morgan fingerprint density at radius 1 is 0.931 bits per heavy atom. The Labute approximate surface area is 168 Å². The van der Waals surface area contributed by atoms with Gasteiger partial charge in [-0.3, -0.25) is 14.5 Å². The minimum atomic E-state index is -0.244. The van der Waals surface area contributed by atoms with Gasteiger partial charge in [0.05, 0.1) is 29.4 Å². The molecule has 3 aromatic rings. The number of carbonyl (C=O) groups excluding carboxylic acids is 2. The Bertz CT molecular complexity index is 1120. The molecule has 1 saturated carbocycles. The lowest BCUT2D eigenvalue weighted by Gasteiger charge is -2.29. The van der Waals surface area contributed by atoms with E-state index in [1.807, 2.05) is 30.3 Å². The van der Waals surface area contributed by atoms with E-state index in [1.54, 1.807) is 19.2 Å². The van der Waals surface area contributed by atoms with E-state index in [0.717, 1.165) is 53.5 Å². The molecule has 2 aromatic carbocycles. The molecular formula is C23H22N2O4. The molecule has 29 heavy (non-hydrogen) atoms. The normalized spacial score (nSPS) is 17.2. The van der Waals surface area contributed by atoms with Crippen molar-refractivity contribution in [2.24, 2.45) is 0 Å². The molecule has 0 radical (unpaired) electrons. The van der Waals surface area contributed by atoms with Crippen LogP contribution in [0.15, 0.2) is 42.5 Å². The second kappa shape index (κ2) is 6.65. The average molecular weight is 390 g/mol. The van der Waals surface area contributed by atoms with Crippen LogP contribution in [0.2, 0.25) is 0 Å². The fourth-order valence-corrected chi connectivity index (χ4v) is 4.59. The number of benzene rings is 2. The summed E-state index contributed by atoms with van der Waals surface area (Å²) in [6.45, 7) is 0. The van der Waals surface area contributed by atoms with Crippen LogP contribution in [0.25, 0.3) is 22.2 Å². The molecule has 148 valence electrons. The number of aromatic nitrogens is 1. The quantitative estimate of drug-likeness (QED) is 0.529. The molecule has 0 saturated heterocycles. The monoisotopic (exact) mass is 390 g/mol. The van der Waals surface area contributed by atoms with Gasteiger partial charge in [-0.1, -0.05) is 19.3 Å². The Kier molecular flexibility index (Phi) is 4.08. The van der Waals surface area contributed by atoms with Crippen molar-refractivity contribution < 1.29 is 19.5 Å². The number of ether oxygens (including phenoxy) is 1. The molecule has 2 heterocycles. The van der Waals surface area contributed by atoms with Gasteiger partial charge in [-0.25, -0.2) is 0 Å². The summed E-state index contributed by atoms with van der Waals surface area (Å²) in [5.74, 6) is 0.272. The van der Waals surface area contributed by atoms with Crippen molar-refractivity contribution in [3.05, 3.63) is 53.6 Å². The Morgan fingerprint density at radius 2 is 1.59 bits per heavy atom. The number of hydrogen-bond donors (Lipinski definition) is 1. The van der Waals surface area contributed by atoms with Crippen LogP contribution in [0.1, 0.15) is 52.8 Å². The molecule has 0 spiro atoms. The lowest BCUT2D eigenvalue weighted by Crippen LogP contribution is -2.40. The SMILES string of the molecule is COc1ccc(-c2cc3cc4c(cc3n2O)C(=O)N(C2CCCCC2)C4=O)cc1. The first-order valence-electron chi connectivity index (χ1n) is 9.99. The predicted octanol–water partition coefficient (Wildman–Crippen LogP) is 4.48. The fraction of sp³-hybridized carbons (Fsp3) is 0.304. The van der Waals surface area contributed by atoms with Gasteiger partial charge in [-0.2, -0.15) is 4.73 Å². The highest BCUT2D eigenvalue weighted by atomic mass is 16.5. The predicted molar refractivity (Wildman–Crippen MR) is 108 cm³/mol. The molecule has 5 rings (SSSR count). The van der Waals surface area contributed by atoms with E-state index in [2.05, 4.69) is 0 Å². The maximum absolute atomic E-state index is 13.0. The van der Waals surface area contributed by atoms with Gasteiger partial charge in [-0.15, -0.1) is 0 Å². The smallest absolute Gasteiger partial charge is 0.261 e. The number of rotatable bonds is 3. The van der Waals surface area contributed by atoms with Crippen molar-refractivity contribution in [3.8, 4) is 17.0 Å². The highest BCUT2D eigenvalue weighted by molar-refractivity contribution is 6.23. The van der Waals surface area contributed by atoms with Crippen LogP contribution < -0.4 is 4.74 Å². The van der Waals surface area contributed by atoms with Crippen LogP contribution >= 0.6 is 0 Å². The van der Waals surface area contributed by atoms with Gasteiger partial charge in [0.2, 0.25) is 0 Å².